The molecule has 1 aromatic heterocycles. The summed E-state index contributed by atoms with van der Waals surface area (Å²) >= 11 is 1.28. The van der Waals surface area contributed by atoms with Crippen LogP contribution >= 0.6 is 11.8 Å². The van der Waals surface area contributed by atoms with Gasteiger partial charge >= 0.3 is 0 Å². The minimum Gasteiger partial charge on any atom is -0.269 e. The summed E-state index contributed by atoms with van der Waals surface area (Å²) in [5.41, 5.74) is 3.60. The standard InChI is InChI=1S/C20H17N3O2S/c21-11-14-10-13-6-2-1-3-9-17(13)22-18(14)26-12-23-19(24)15-7-4-5-8-16(15)20(23)25/h4-5,7-8,10H,1-3,6,9,12H2. The molecule has 2 aromatic rings. The molecule has 1 aliphatic heterocycles. The molecule has 0 saturated carbocycles. The molecule has 6 heteroatoms. The smallest absolute Gasteiger partial charge is 0.262 e. The molecule has 0 radical (unpaired) electrons. The van der Waals surface area contributed by atoms with Gasteiger partial charge in [-0.15, -0.1) is 0 Å². The average Bonchev–Trinajstić information content (AvgIpc) is 2.82. The van der Waals surface area contributed by atoms with Gasteiger partial charge in [0.05, 0.1) is 22.6 Å². The molecule has 5 nitrogen and oxygen atoms in total. The Morgan fingerprint density at radius 2 is 1.77 bits per heavy atom. The molecule has 2 aliphatic rings. The fraction of sp³-hybridized carbons (Fsp3) is 0.300. The Balaban J connectivity index is 1.57. The maximum Gasteiger partial charge on any atom is 0.262 e. The molecule has 4 rings (SSSR count). The van der Waals surface area contributed by atoms with Crippen molar-refractivity contribution in [3.63, 3.8) is 0 Å². The molecule has 26 heavy (non-hydrogen) atoms. The summed E-state index contributed by atoms with van der Waals surface area (Å²) in [6.07, 6.45) is 5.28. The molecule has 2 heterocycles. The number of rotatable bonds is 3. The van der Waals surface area contributed by atoms with Gasteiger partial charge in [-0.05, 0) is 49.4 Å². The second kappa shape index (κ2) is 6.93. The summed E-state index contributed by atoms with van der Waals surface area (Å²) in [6.45, 7) is 0. The van der Waals surface area contributed by atoms with E-state index in [0.717, 1.165) is 36.9 Å². The molecule has 0 unspecified atom stereocenters. The van der Waals surface area contributed by atoms with Crippen molar-refractivity contribution in [2.24, 2.45) is 0 Å². The van der Waals surface area contributed by atoms with Crippen LogP contribution in [0.5, 0.6) is 0 Å². The summed E-state index contributed by atoms with van der Waals surface area (Å²) in [6, 6.07) is 11.0. The summed E-state index contributed by atoms with van der Waals surface area (Å²) in [4.78, 5) is 30.9. The van der Waals surface area contributed by atoms with Crippen LogP contribution in [0.3, 0.4) is 0 Å². The van der Waals surface area contributed by atoms with Crippen LogP contribution in [-0.4, -0.2) is 27.6 Å². The van der Waals surface area contributed by atoms with Crippen LogP contribution < -0.4 is 0 Å². The highest BCUT2D eigenvalue weighted by molar-refractivity contribution is 7.99. The minimum atomic E-state index is -0.286. The van der Waals surface area contributed by atoms with Crippen LogP contribution in [-0.2, 0) is 12.8 Å². The number of aryl methyl sites for hydroxylation is 2. The quantitative estimate of drug-likeness (QED) is 0.473. The van der Waals surface area contributed by atoms with E-state index in [1.165, 1.54) is 23.1 Å². The van der Waals surface area contributed by atoms with Crippen molar-refractivity contribution >= 4 is 23.6 Å². The first-order valence-electron chi connectivity index (χ1n) is 8.70. The first kappa shape index (κ1) is 16.8. The summed E-state index contributed by atoms with van der Waals surface area (Å²) < 4.78 is 0. The predicted octanol–water partition coefficient (Wildman–Crippen LogP) is 3.57. The lowest BCUT2D eigenvalue weighted by atomic mass is 10.1. The van der Waals surface area contributed by atoms with Gasteiger partial charge in [0, 0.05) is 5.69 Å². The summed E-state index contributed by atoms with van der Waals surface area (Å²) in [5.74, 6) is -0.412. The van der Waals surface area contributed by atoms with Crippen LogP contribution in [0.4, 0.5) is 0 Å². The Kier molecular flexibility index (Phi) is 4.48. The number of amides is 2. The molecular weight excluding hydrogens is 346 g/mol. The van der Waals surface area contributed by atoms with Gasteiger partial charge in [0.25, 0.3) is 11.8 Å². The summed E-state index contributed by atoms with van der Waals surface area (Å²) in [7, 11) is 0. The number of hydrogen-bond acceptors (Lipinski definition) is 5. The van der Waals surface area contributed by atoms with Crippen molar-refractivity contribution in [1.82, 2.24) is 9.88 Å². The second-order valence-corrected chi connectivity index (χ2v) is 7.41. The number of pyridine rings is 1. The van der Waals surface area contributed by atoms with E-state index in [1.807, 2.05) is 6.07 Å². The van der Waals surface area contributed by atoms with Crippen molar-refractivity contribution in [2.45, 2.75) is 37.1 Å². The number of nitrogens with zero attached hydrogens (tertiary/aromatic N) is 3. The van der Waals surface area contributed by atoms with E-state index in [9.17, 15) is 14.9 Å². The molecule has 0 bridgehead atoms. The normalized spacial score (nSPS) is 16.0. The molecule has 2 amide bonds. The SMILES string of the molecule is N#Cc1cc2c(nc1SCN1C(=O)c3ccccc3C1=O)CCCCC2. The van der Waals surface area contributed by atoms with Gasteiger partial charge < -0.3 is 0 Å². The van der Waals surface area contributed by atoms with E-state index >= 15 is 0 Å². The topological polar surface area (TPSA) is 74.1 Å². The van der Waals surface area contributed by atoms with E-state index in [2.05, 4.69) is 6.07 Å². The minimum absolute atomic E-state index is 0.160. The molecular formula is C20H17N3O2S. The third-order valence-corrected chi connectivity index (χ3v) is 5.82. The van der Waals surface area contributed by atoms with E-state index < -0.39 is 0 Å². The highest BCUT2D eigenvalue weighted by atomic mass is 32.2. The zero-order valence-corrected chi connectivity index (χ0v) is 15.0. The van der Waals surface area contributed by atoms with Gasteiger partial charge in [-0.2, -0.15) is 5.26 Å². The van der Waals surface area contributed by atoms with Crippen molar-refractivity contribution in [3.8, 4) is 6.07 Å². The lowest BCUT2D eigenvalue weighted by molar-refractivity contribution is 0.0684. The number of carbonyl (C=O) groups excluding carboxylic acids is 2. The maximum absolute atomic E-state index is 12.5. The van der Waals surface area contributed by atoms with Crippen molar-refractivity contribution in [1.29, 1.82) is 5.26 Å². The Morgan fingerprint density at radius 1 is 1.08 bits per heavy atom. The average molecular weight is 363 g/mol. The highest BCUT2D eigenvalue weighted by Gasteiger charge is 2.35. The monoisotopic (exact) mass is 363 g/mol. The number of imide groups is 1. The maximum atomic E-state index is 12.5. The van der Waals surface area contributed by atoms with E-state index in [4.69, 9.17) is 4.98 Å². The molecule has 1 aliphatic carbocycles. The second-order valence-electron chi connectivity index (χ2n) is 6.48. The zero-order valence-electron chi connectivity index (χ0n) is 14.2. The zero-order chi connectivity index (χ0) is 18.1. The molecule has 0 fully saturated rings. The fourth-order valence-electron chi connectivity index (χ4n) is 3.46. The third kappa shape index (κ3) is 2.89. The number of thioether (sulfide) groups is 1. The lowest BCUT2D eigenvalue weighted by Crippen LogP contribution is -2.29. The molecule has 0 N–H and O–H groups in total. The first-order valence-corrected chi connectivity index (χ1v) is 9.68. The lowest BCUT2D eigenvalue weighted by Gasteiger charge is -2.14. The fourth-order valence-corrected chi connectivity index (χ4v) is 4.38. The van der Waals surface area contributed by atoms with E-state index in [-0.39, 0.29) is 17.7 Å². The number of aromatic nitrogens is 1. The van der Waals surface area contributed by atoms with Crippen molar-refractivity contribution < 1.29 is 9.59 Å². The number of hydrogen-bond donors (Lipinski definition) is 0. The molecule has 0 atom stereocenters. The van der Waals surface area contributed by atoms with Gasteiger partial charge in [0.15, 0.2) is 0 Å². The Hall–Kier alpha value is -2.65. The van der Waals surface area contributed by atoms with Gasteiger partial charge in [-0.3, -0.25) is 14.5 Å². The van der Waals surface area contributed by atoms with Crippen LogP contribution in [0.1, 0.15) is 56.8 Å². The van der Waals surface area contributed by atoms with E-state index in [0.29, 0.717) is 21.7 Å². The van der Waals surface area contributed by atoms with Gasteiger partial charge in [-0.1, -0.05) is 30.3 Å². The highest BCUT2D eigenvalue weighted by Crippen LogP contribution is 2.30. The van der Waals surface area contributed by atoms with Crippen LogP contribution in [0.15, 0.2) is 35.4 Å². The number of carbonyl (C=O) groups is 2. The Bertz CT molecular complexity index is 914. The number of nitriles is 1. The predicted molar refractivity (Wildman–Crippen MR) is 97.9 cm³/mol. The van der Waals surface area contributed by atoms with Crippen LogP contribution in [0, 0.1) is 11.3 Å². The van der Waals surface area contributed by atoms with Gasteiger partial charge in [0.1, 0.15) is 11.1 Å². The number of fused-ring (bicyclic) bond motifs is 2. The van der Waals surface area contributed by atoms with E-state index in [1.54, 1.807) is 24.3 Å². The molecule has 1 aromatic carbocycles. The van der Waals surface area contributed by atoms with Crippen LogP contribution in [0.2, 0.25) is 0 Å². The first-order chi connectivity index (χ1) is 12.7. The number of benzene rings is 1. The summed E-state index contributed by atoms with van der Waals surface area (Å²) in [5, 5.41) is 10.1. The molecule has 0 spiro atoms. The van der Waals surface area contributed by atoms with Crippen molar-refractivity contribution in [2.75, 3.05) is 5.88 Å². The van der Waals surface area contributed by atoms with Crippen LogP contribution in [0.25, 0.3) is 0 Å². The van der Waals surface area contributed by atoms with Gasteiger partial charge in [-0.25, -0.2) is 4.98 Å². The van der Waals surface area contributed by atoms with Crippen molar-refractivity contribution in [3.05, 3.63) is 58.3 Å². The van der Waals surface area contributed by atoms with Gasteiger partial charge in [0.2, 0.25) is 0 Å². The Morgan fingerprint density at radius 3 is 2.46 bits per heavy atom. The molecule has 0 saturated heterocycles. The molecule has 130 valence electrons. The Labute approximate surface area is 156 Å². The largest absolute Gasteiger partial charge is 0.269 e. The third-order valence-electron chi connectivity index (χ3n) is 4.84.